The zero-order valence-electron chi connectivity index (χ0n) is 16.7. The standard InChI is InChI=1S/C22H30N2O4/c1-3-26-20-10-12-21(13-11-20)28-17-14-23-22(25)18-24(2)15-7-16-27-19-8-5-4-6-9-19/h4-6,8-13H,3,7,14-18H2,1-2H3,(H,23,25). The lowest BCUT2D eigenvalue weighted by atomic mass is 10.3. The van der Waals surface area contributed by atoms with Gasteiger partial charge in [-0.3, -0.25) is 9.69 Å². The van der Waals surface area contributed by atoms with Crippen molar-refractivity contribution in [3.05, 3.63) is 54.6 Å². The molecule has 0 radical (unpaired) electrons. The van der Waals surface area contributed by atoms with Gasteiger partial charge in [-0.05, 0) is 56.8 Å². The molecule has 2 aromatic carbocycles. The molecule has 0 fully saturated rings. The molecular formula is C22H30N2O4. The minimum absolute atomic E-state index is 0.0122. The Balaban J connectivity index is 1.51. The van der Waals surface area contributed by atoms with Crippen LogP contribution in [0.3, 0.4) is 0 Å². The first-order valence-electron chi connectivity index (χ1n) is 9.66. The fourth-order valence-electron chi connectivity index (χ4n) is 2.58. The molecule has 6 nitrogen and oxygen atoms in total. The molecule has 0 saturated heterocycles. The van der Waals surface area contributed by atoms with Gasteiger partial charge < -0.3 is 19.5 Å². The van der Waals surface area contributed by atoms with Gasteiger partial charge in [0.15, 0.2) is 0 Å². The van der Waals surface area contributed by atoms with E-state index in [1.807, 2.05) is 73.5 Å². The highest BCUT2D eigenvalue weighted by molar-refractivity contribution is 5.77. The number of rotatable bonds is 13. The predicted molar refractivity (Wildman–Crippen MR) is 110 cm³/mol. The van der Waals surface area contributed by atoms with Crippen LogP contribution < -0.4 is 19.5 Å². The molecule has 2 rings (SSSR count). The summed E-state index contributed by atoms with van der Waals surface area (Å²) in [4.78, 5) is 14.0. The van der Waals surface area contributed by atoms with E-state index in [1.165, 1.54) is 0 Å². The van der Waals surface area contributed by atoms with Crippen LogP contribution in [0.4, 0.5) is 0 Å². The Bertz CT molecular complexity index is 677. The van der Waals surface area contributed by atoms with Crippen molar-refractivity contribution in [2.45, 2.75) is 13.3 Å². The first-order chi connectivity index (χ1) is 13.7. The number of amides is 1. The first-order valence-corrected chi connectivity index (χ1v) is 9.66. The smallest absolute Gasteiger partial charge is 0.234 e. The maximum absolute atomic E-state index is 12.0. The lowest BCUT2D eigenvalue weighted by Crippen LogP contribution is -2.37. The van der Waals surface area contributed by atoms with Crippen molar-refractivity contribution in [1.29, 1.82) is 0 Å². The molecule has 1 amide bonds. The van der Waals surface area contributed by atoms with Crippen LogP contribution in [0.25, 0.3) is 0 Å². The first kappa shape index (κ1) is 21.6. The maximum Gasteiger partial charge on any atom is 0.234 e. The number of likely N-dealkylation sites (N-methyl/N-ethyl adjacent to an activating group) is 1. The molecule has 0 spiro atoms. The number of nitrogens with zero attached hydrogens (tertiary/aromatic N) is 1. The van der Waals surface area contributed by atoms with Gasteiger partial charge in [-0.1, -0.05) is 18.2 Å². The SMILES string of the molecule is CCOc1ccc(OCCNC(=O)CN(C)CCCOc2ccccc2)cc1. The highest BCUT2D eigenvalue weighted by Crippen LogP contribution is 2.17. The van der Waals surface area contributed by atoms with Gasteiger partial charge in [-0.15, -0.1) is 0 Å². The number of nitrogens with one attached hydrogen (secondary N) is 1. The van der Waals surface area contributed by atoms with Gasteiger partial charge in [0.25, 0.3) is 0 Å². The molecular weight excluding hydrogens is 356 g/mol. The second-order valence-corrected chi connectivity index (χ2v) is 6.36. The zero-order valence-corrected chi connectivity index (χ0v) is 16.7. The van der Waals surface area contributed by atoms with Crippen molar-refractivity contribution < 1.29 is 19.0 Å². The van der Waals surface area contributed by atoms with E-state index in [9.17, 15) is 4.79 Å². The topological polar surface area (TPSA) is 60.0 Å². The summed E-state index contributed by atoms with van der Waals surface area (Å²) >= 11 is 0. The van der Waals surface area contributed by atoms with Gasteiger partial charge in [0.2, 0.25) is 5.91 Å². The molecule has 28 heavy (non-hydrogen) atoms. The molecule has 1 N–H and O–H groups in total. The third-order valence-corrected chi connectivity index (χ3v) is 3.94. The Hall–Kier alpha value is -2.73. The van der Waals surface area contributed by atoms with Crippen molar-refractivity contribution in [2.24, 2.45) is 0 Å². The average Bonchev–Trinajstić information content (AvgIpc) is 2.71. The van der Waals surface area contributed by atoms with Crippen LogP contribution in [-0.2, 0) is 4.79 Å². The normalized spacial score (nSPS) is 10.5. The minimum Gasteiger partial charge on any atom is -0.494 e. The van der Waals surface area contributed by atoms with Crippen LogP contribution in [0, 0.1) is 0 Å². The lowest BCUT2D eigenvalue weighted by molar-refractivity contribution is -0.122. The quantitative estimate of drug-likeness (QED) is 0.536. The van der Waals surface area contributed by atoms with Crippen LogP contribution in [0.5, 0.6) is 17.2 Å². The molecule has 6 heteroatoms. The third kappa shape index (κ3) is 8.77. The van der Waals surface area contributed by atoms with Crippen LogP contribution in [0.15, 0.2) is 54.6 Å². The number of hydrogen-bond donors (Lipinski definition) is 1. The second kappa shape index (κ2) is 12.6. The molecule has 0 aliphatic rings. The van der Waals surface area contributed by atoms with Crippen molar-refractivity contribution >= 4 is 5.91 Å². The van der Waals surface area contributed by atoms with E-state index in [0.29, 0.717) is 32.9 Å². The summed E-state index contributed by atoms with van der Waals surface area (Å²) in [5, 5.41) is 2.87. The Labute approximate surface area is 167 Å². The van der Waals surface area contributed by atoms with Crippen molar-refractivity contribution in [2.75, 3.05) is 46.5 Å². The van der Waals surface area contributed by atoms with E-state index < -0.39 is 0 Å². The second-order valence-electron chi connectivity index (χ2n) is 6.36. The number of hydrogen-bond acceptors (Lipinski definition) is 5. The molecule has 0 aliphatic heterocycles. The van der Waals surface area contributed by atoms with Gasteiger partial charge in [-0.2, -0.15) is 0 Å². The number of ether oxygens (including phenoxy) is 3. The van der Waals surface area contributed by atoms with Gasteiger partial charge in [0.05, 0.1) is 26.3 Å². The summed E-state index contributed by atoms with van der Waals surface area (Å²) in [6.07, 6.45) is 0.861. The summed E-state index contributed by atoms with van der Waals surface area (Å²) in [5.74, 6) is 2.44. The summed E-state index contributed by atoms with van der Waals surface area (Å²) in [5.41, 5.74) is 0. The van der Waals surface area contributed by atoms with Gasteiger partial charge in [0.1, 0.15) is 23.9 Å². The van der Waals surface area contributed by atoms with Crippen molar-refractivity contribution in [3.63, 3.8) is 0 Å². The van der Waals surface area contributed by atoms with Crippen molar-refractivity contribution in [3.8, 4) is 17.2 Å². The zero-order chi connectivity index (χ0) is 20.0. The molecule has 0 atom stereocenters. The van der Waals surface area contributed by atoms with Crippen LogP contribution in [0.1, 0.15) is 13.3 Å². The molecule has 0 unspecified atom stereocenters. The summed E-state index contributed by atoms with van der Waals surface area (Å²) in [7, 11) is 1.93. The molecule has 2 aromatic rings. The molecule has 0 bridgehead atoms. The Morgan fingerprint density at radius 2 is 1.50 bits per heavy atom. The monoisotopic (exact) mass is 386 g/mol. The highest BCUT2D eigenvalue weighted by atomic mass is 16.5. The maximum atomic E-state index is 12.0. The van der Waals surface area contributed by atoms with Gasteiger partial charge in [0, 0.05) is 6.54 Å². The van der Waals surface area contributed by atoms with E-state index in [0.717, 1.165) is 30.2 Å². The number of para-hydroxylation sites is 1. The molecule has 0 heterocycles. The Morgan fingerprint density at radius 3 is 2.18 bits per heavy atom. The number of benzene rings is 2. The van der Waals surface area contributed by atoms with E-state index in [4.69, 9.17) is 14.2 Å². The van der Waals surface area contributed by atoms with E-state index in [1.54, 1.807) is 0 Å². The molecule has 0 aromatic heterocycles. The molecule has 0 aliphatic carbocycles. The fourth-order valence-corrected chi connectivity index (χ4v) is 2.58. The lowest BCUT2D eigenvalue weighted by Gasteiger charge is -2.16. The van der Waals surface area contributed by atoms with E-state index in [2.05, 4.69) is 5.32 Å². The Morgan fingerprint density at radius 1 is 0.893 bits per heavy atom. The minimum atomic E-state index is -0.0122. The number of carbonyl (C=O) groups is 1. The summed E-state index contributed by atoms with van der Waals surface area (Å²) in [6.45, 7) is 5.26. The largest absolute Gasteiger partial charge is 0.494 e. The van der Waals surface area contributed by atoms with Gasteiger partial charge in [-0.25, -0.2) is 0 Å². The third-order valence-electron chi connectivity index (χ3n) is 3.94. The fraction of sp³-hybridized carbons (Fsp3) is 0.409. The van der Waals surface area contributed by atoms with E-state index in [-0.39, 0.29) is 5.91 Å². The predicted octanol–water partition coefficient (Wildman–Crippen LogP) is 2.98. The summed E-state index contributed by atoms with van der Waals surface area (Å²) < 4.78 is 16.7. The van der Waals surface area contributed by atoms with Crippen LogP contribution in [-0.4, -0.2) is 57.3 Å². The highest BCUT2D eigenvalue weighted by Gasteiger charge is 2.06. The number of carbonyl (C=O) groups excluding carboxylic acids is 1. The van der Waals surface area contributed by atoms with Gasteiger partial charge >= 0.3 is 0 Å². The molecule has 0 saturated carbocycles. The van der Waals surface area contributed by atoms with Crippen LogP contribution in [0.2, 0.25) is 0 Å². The summed E-state index contributed by atoms with van der Waals surface area (Å²) in [6, 6.07) is 17.2. The average molecular weight is 386 g/mol. The van der Waals surface area contributed by atoms with Crippen LogP contribution >= 0.6 is 0 Å². The van der Waals surface area contributed by atoms with Crippen molar-refractivity contribution in [1.82, 2.24) is 10.2 Å². The Kier molecular flexibility index (Phi) is 9.72. The molecule has 152 valence electrons. The van der Waals surface area contributed by atoms with E-state index >= 15 is 0 Å².